The van der Waals surface area contributed by atoms with Gasteiger partial charge in [-0.15, -0.1) is 0 Å². The molecule has 0 unspecified atom stereocenters. The number of nitrogens with one attached hydrogen (secondary N) is 1. The van der Waals surface area contributed by atoms with E-state index in [1.54, 1.807) is 19.2 Å². The Bertz CT molecular complexity index is 1170. The molecule has 8 heteroatoms. The van der Waals surface area contributed by atoms with E-state index in [0.717, 1.165) is 18.4 Å². The van der Waals surface area contributed by atoms with E-state index in [1.807, 2.05) is 6.08 Å². The summed E-state index contributed by atoms with van der Waals surface area (Å²) in [7, 11) is 2.85. The highest BCUT2D eigenvalue weighted by molar-refractivity contribution is 6.18. The van der Waals surface area contributed by atoms with Gasteiger partial charge in [0.15, 0.2) is 0 Å². The van der Waals surface area contributed by atoms with Gasteiger partial charge in [0.1, 0.15) is 23.4 Å². The molecule has 184 valence electrons. The van der Waals surface area contributed by atoms with Gasteiger partial charge in [0.2, 0.25) is 0 Å². The van der Waals surface area contributed by atoms with E-state index < -0.39 is 23.7 Å². The van der Waals surface area contributed by atoms with Crippen molar-refractivity contribution < 1.29 is 23.1 Å². The number of carbonyl (C=O) groups excluding carboxylic acids is 2. The Morgan fingerprint density at radius 3 is 2.49 bits per heavy atom. The van der Waals surface area contributed by atoms with E-state index in [0.29, 0.717) is 35.3 Å². The number of aliphatic imine (C=N–C) groups is 1. The topological polar surface area (TPSA) is 93.8 Å². The minimum atomic E-state index is -1.01. The van der Waals surface area contributed by atoms with Crippen LogP contribution in [-0.4, -0.2) is 37.8 Å². The molecule has 0 aromatic heterocycles. The molecule has 1 amide bonds. The van der Waals surface area contributed by atoms with Crippen LogP contribution in [0.2, 0.25) is 0 Å². The third-order valence-electron chi connectivity index (χ3n) is 5.84. The first-order valence-corrected chi connectivity index (χ1v) is 11.4. The molecule has 1 atom stereocenters. The Kier molecular flexibility index (Phi) is 8.89. The first-order chi connectivity index (χ1) is 16.8. The number of hydrogen-bond donors (Lipinski definition) is 2. The molecular weight excluding hydrogens is 452 g/mol. The van der Waals surface area contributed by atoms with Crippen molar-refractivity contribution in [3.05, 3.63) is 88.1 Å². The third-order valence-corrected chi connectivity index (χ3v) is 5.84. The molecule has 0 bridgehead atoms. The Labute approximate surface area is 203 Å². The molecule has 3 rings (SSSR count). The number of nitrogens with two attached hydrogens (primary N) is 1. The number of hydrogen-bond acceptors (Lipinski definition) is 5. The minimum absolute atomic E-state index is 0.0364. The van der Waals surface area contributed by atoms with Crippen LogP contribution in [0.1, 0.15) is 36.8 Å². The predicted octanol–water partition coefficient (Wildman–Crippen LogP) is 4.11. The molecule has 0 heterocycles. The van der Waals surface area contributed by atoms with Gasteiger partial charge in [-0.2, -0.15) is 0 Å². The van der Waals surface area contributed by atoms with Crippen LogP contribution in [0.4, 0.5) is 8.78 Å². The molecule has 0 saturated heterocycles. The molecule has 35 heavy (non-hydrogen) atoms. The number of allylic oxidation sites excluding steroid dienone is 2. The first kappa shape index (κ1) is 25.8. The Morgan fingerprint density at radius 1 is 1.11 bits per heavy atom. The van der Waals surface area contributed by atoms with Crippen molar-refractivity contribution in [1.29, 1.82) is 0 Å². The lowest BCUT2D eigenvalue weighted by atomic mass is 9.96. The summed E-state index contributed by atoms with van der Waals surface area (Å²) in [6.07, 6.45) is 4.85. The van der Waals surface area contributed by atoms with Gasteiger partial charge in [-0.05, 0) is 72.7 Å². The lowest BCUT2D eigenvalue weighted by Gasteiger charge is -2.19. The number of benzene rings is 2. The average molecular weight is 482 g/mol. The summed E-state index contributed by atoms with van der Waals surface area (Å²) < 4.78 is 31.8. The van der Waals surface area contributed by atoms with Crippen molar-refractivity contribution in [1.82, 2.24) is 5.32 Å². The fourth-order valence-corrected chi connectivity index (χ4v) is 4.09. The normalized spacial score (nSPS) is 18.6. The van der Waals surface area contributed by atoms with Crippen LogP contribution in [0.3, 0.4) is 0 Å². The minimum Gasteiger partial charge on any atom is -0.467 e. The van der Waals surface area contributed by atoms with Crippen molar-refractivity contribution in [2.45, 2.75) is 38.1 Å². The smallest absolute Gasteiger partial charge is 0.328 e. The number of ether oxygens (including phenoxy) is 1. The van der Waals surface area contributed by atoms with Crippen LogP contribution in [-0.2, 0) is 20.7 Å². The molecule has 1 aliphatic rings. The molecule has 0 aliphatic heterocycles. The summed E-state index contributed by atoms with van der Waals surface area (Å²) in [5.74, 6) is -2.00. The highest BCUT2D eigenvalue weighted by atomic mass is 19.1. The first-order valence-electron chi connectivity index (χ1n) is 11.4. The monoisotopic (exact) mass is 481 g/mol. The van der Waals surface area contributed by atoms with Crippen molar-refractivity contribution in [3.8, 4) is 0 Å². The number of esters is 1. The van der Waals surface area contributed by atoms with Gasteiger partial charge in [0.05, 0.1) is 12.8 Å². The molecule has 0 spiro atoms. The zero-order chi connectivity index (χ0) is 25.4. The van der Waals surface area contributed by atoms with Gasteiger partial charge in [0.25, 0.3) is 5.91 Å². The van der Waals surface area contributed by atoms with Crippen LogP contribution in [0.5, 0.6) is 0 Å². The van der Waals surface area contributed by atoms with E-state index in [4.69, 9.17) is 10.5 Å². The van der Waals surface area contributed by atoms with Gasteiger partial charge < -0.3 is 15.8 Å². The van der Waals surface area contributed by atoms with Crippen LogP contribution >= 0.6 is 0 Å². The molecule has 6 nitrogen and oxygen atoms in total. The second kappa shape index (κ2) is 12.1. The standard InChI is InChI=1S/C27H29F2N3O3/c1-31-25-19(14-18-6-5-8-21(29)15-18)7-3-4-9-22(25)24(30)26(33)32-23(27(34)35-2)16-17-10-12-20(28)13-11-17/h5-6,8,10-15,23H,3-4,7,9,16,30H2,1-2H3,(H,32,33)/b19-14+,24-22?,31-25?/t23-/m0/s1. The maximum absolute atomic E-state index is 13.7. The quantitative estimate of drug-likeness (QED) is 0.369. The van der Waals surface area contributed by atoms with Gasteiger partial charge in [0, 0.05) is 19.0 Å². The largest absolute Gasteiger partial charge is 0.467 e. The second-order valence-electron chi connectivity index (χ2n) is 8.28. The third kappa shape index (κ3) is 6.85. The molecule has 2 aromatic rings. The lowest BCUT2D eigenvalue weighted by molar-refractivity contribution is -0.144. The fourth-order valence-electron chi connectivity index (χ4n) is 4.09. The Hall–Kier alpha value is -3.81. The highest BCUT2D eigenvalue weighted by Gasteiger charge is 2.26. The van der Waals surface area contributed by atoms with E-state index in [-0.39, 0.29) is 17.9 Å². The van der Waals surface area contributed by atoms with E-state index >= 15 is 0 Å². The molecule has 2 aromatic carbocycles. The summed E-state index contributed by atoms with van der Waals surface area (Å²) in [5, 5.41) is 2.65. The van der Waals surface area contributed by atoms with Crippen LogP contribution < -0.4 is 11.1 Å². The number of methoxy groups -OCH3 is 1. The molecule has 1 saturated carbocycles. The maximum Gasteiger partial charge on any atom is 0.328 e. The zero-order valence-corrected chi connectivity index (χ0v) is 19.8. The number of rotatable bonds is 6. The SMILES string of the molecule is CN=C1C(=C(N)C(=O)N[C@@H](Cc2ccc(F)cc2)C(=O)OC)CCCC/C1=C\c1cccc(F)c1. The molecule has 0 radical (unpaired) electrons. The maximum atomic E-state index is 13.7. The second-order valence-corrected chi connectivity index (χ2v) is 8.28. The Morgan fingerprint density at radius 2 is 1.83 bits per heavy atom. The van der Waals surface area contributed by atoms with Gasteiger partial charge >= 0.3 is 5.97 Å². The van der Waals surface area contributed by atoms with Crippen molar-refractivity contribution >= 4 is 23.7 Å². The van der Waals surface area contributed by atoms with E-state index in [2.05, 4.69) is 10.3 Å². The van der Waals surface area contributed by atoms with Crippen LogP contribution in [0, 0.1) is 11.6 Å². The fraction of sp³-hybridized carbons (Fsp3) is 0.296. The van der Waals surface area contributed by atoms with Gasteiger partial charge in [-0.25, -0.2) is 13.6 Å². The number of carbonyl (C=O) groups is 2. The zero-order valence-electron chi connectivity index (χ0n) is 19.8. The van der Waals surface area contributed by atoms with Gasteiger partial charge in [-0.1, -0.05) is 24.3 Å². The highest BCUT2D eigenvalue weighted by Crippen LogP contribution is 2.28. The van der Waals surface area contributed by atoms with E-state index in [9.17, 15) is 18.4 Å². The molecule has 1 fully saturated rings. The number of amides is 1. The number of halogens is 2. The summed E-state index contributed by atoms with van der Waals surface area (Å²) in [5.41, 5.74) is 9.64. The van der Waals surface area contributed by atoms with E-state index in [1.165, 1.54) is 43.5 Å². The average Bonchev–Trinajstić information content (AvgIpc) is 3.05. The predicted molar refractivity (Wildman–Crippen MR) is 131 cm³/mol. The summed E-state index contributed by atoms with van der Waals surface area (Å²) >= 11 is 0. The molecule has 1 aliphatic carbocycles. The van der Waals surface area contributed by atoms with Crippen molar-refractivity contribution in [2.75, 3.05) is 14.2 Å². The summed E-state index contributed by atoms with van der Waals surface area (Å²) in [6, 6.07) is 10.9. The van der Waals surface area contributed by atoms with Crippen LogP contribution in [0.15, 0.2) is 70.4 Å². The summed E-state index contributed by atoms with van der Waals surface area (Å²) in [4.78, 5) is 29.9. The van der Waals surface area contributed by atoms with Crippen molar-refractivity contribution in [2.24, 2.45) is 10.7 Å². The molecular formula is C27H29F2N3O3. The molecule has 3 N–H and O–H groups in total. The van der Waals surface area contributed by atoms with Crippen molar-refractivity contribution in [3.63, 3.8) is 0 Å². The lowest BCUT2D eigenvalue weighted by Crippen LogP contribution is -2.45. The Balaban J connectivity index is 1.89. The van der Waals surface area contributed by atoms with Gasteiger partial charge in [-0.3, -0.25) is 9.79 Å². The number of nitrogens with zero attached hydrogens (tertiary/aromatic N) is 1. The van der Waals surface area contributed by atoms with Crippen LogP contribution in [0.25, 0.3) is 6.08 Å². The summed E-state index contributed by atoms with van der Waals surface area (Å²) in [6.45, 7) is 0.